The average molecular weight is 498 g/mol. The van der Waals surface area contributed by atoms with E-state index in [0.29, 0.717) is 12.1 Å². The van der Waals surface area contributed by atoms with Gasteiger partial charge in [0.25, 0.3) is 0 Å². The maximum atomic E-state index is 12.6. The highest BCUT2D eigenvalue weighted by Crippen LogP contribution is 2.11. The molecule has 0 fully saturated rings. The van der Waals surface area contributed by atoms with Gasteiger partial charge >= 0.3 is 12.1 Å². The number of alkyl carbamates (subject to hydrolysis) is 1. The number of nitrogens with one attached hydrogen (secondary N) is 2. The van der Waals surface area contributed by atoms with E-state index in [1.54, 1.807) is 45.0 Å². The standard InChI is InChI=1S/C27H35N3O6/c1-18-5-7-20(8-6-18)16-29-24(32)15-19-9-11-21(12-10-19)17-35-25(33)22(13-14-23(28)31)30-26(34)36-27(2,3)4/h5-12,22H,13-17H2,1-4H3,(H2,28,31)(H,29,32)(H,30,34)/t22-/m0/s1. The zero-order valence-electron chi connectivity index (χ0n) is 21.3. The molecule has 2 rings (SSSR count). The fourth-order valence-electron chi connectivity index (χ4n) is 3.15. The molecule has 3 amide bonds. The molecule has 0 aliphatic carbocycles. The van der Waals surface area contributed by atoms with Crippen LogP contribution in [0.15, 0.2) is 48.5 Å². The average Bonchev–Trinajstić information content (AvgIpc) is 2.79. The second kappa shape index (κ2) is 13.3. The summed E-state index contributed by atoms with van der Waals surface area (Å²) in [7, 11) is 0. The predicted octanol–water partition coefficient (Wildman–Crippen LogP) is 3.06. The van der Waals surface area contributed by atoms with Crippen LogP contribution in [0.3, 0.4) is 0 Å². The SMILES string of the molecule is Cc1ccc(CNC(=O)Cc2ccc(COC(=O)[C@H](CCC(N)=O)NC(=O)OC(C)(C)C)cc2)cc1. The predicted molar refractivity (Wildman–Crippen MR) is 135 cm³/mol. The van der Waals surface area contributed by atoms with Gasteiger partial charge in [0.15, 0.2) is 0 Å². The number of primary amides is 1. The quantitative estimate of drug-likeness (QED) is 0.408. The van der Waals surface area contributed by atoms with Crippen LogP contribution in [0.2, 0.25) is 0 Å². The Labute approximate surface area is 211 Å². The lowest BCUT2D eigenvalue weighted by atomic mass is 10.1. The Morgan fingerprint density at radius 1 is 0.917 bits per heavy atom. The van der Waals surface area contributed by atoms with Gasteiger partial charge in [-0.15, -0.1) is 0 Å². The highest BCUT2D eigenvalue weighted by Gasteiger charge is 2.26. The maximum Gasteiger partial charge on any atom is 0.408 e. The Kier molecular flexibility index (Phi) is 10.5. The van der Waals surface area contributed by atoms with Gasteiger partial charge in [-0.05, 0) is 50.8 Å². The number of amides is 3. The molecule has 0 unspecified atom stereocenters. The fourth-order valence-corrected chi connectivity index (χ4v) is 3.15. The molecule has 0 bridgehead atoms. The summed E-state index contributed by atoms with van der Waals surface area (Å²) in [5.41, 5.74) is 8.14. The summed E-state index contributed by atoms with van der Waals surface area (Å²) < 4.78 is 10.5. The smallest absolute Gasteiger partial charge is 0.408 e. The van der Waals surface area contributed by atoms with Crippen molar-refractivity contribution in [2.75, 3.05) is 0 Å². The van der Waals surface area contributed by atoms with Crippen molar-refractivity contribution in [1.82, 2.24) is 10.6 Å². The summed E-state index contributed by atoms with van der Waals surface area (Å²) in [6.07, 6.45) is -0.680. The lowest BCUT2D eigenvalue weighted by molar-refractivity contribution is -0.147. The first-order valence-corrected chi connectivity index (χ1v) is 11.8. The van der Waals surface area contributed by atoms with Crippen molar-refractivity contribution in [2.24, 2.45) is 5.73 Å². The number of rotatable bonds is 11. The molecule has 2 aromatic carbocycles. The Morgan fingerprint density at radius 3 is 2.08 bits per heavy atom. The largest absolute Gasteiger partial charge is 0.459 e. The van der Waals surface area contributed by atoms with Crippen LogP contribution >= 0.6 is 0 Å². The number of carbonyl (C=O) groups excluding carboxylic acids is 4. The second-order valence-electron chi connectivity index (χ2n) is 9.57. The molecule has 0 saturated carbocycles. The van der Waals surface area contributed by atoms with E-state index in [-0.39, 0.29) is 31.8 Å². The van der Waals surface area contributed by atoms with E-state index >= 15 is 0 Å². The van der Waals surface area contributed by atoms with Gasteiger partial charge in [-0.3, -0.25) is 9.59 Å². The normalized spacial score (nSPS) is 11.8. The Balaban J connectivity index is 1.85. The molecular weight excluding hydrogens is 462 g/mol. The monoisotopic (exact) mass is 497 g/mol. The third-order valence-electron chi connectivity index (χ3n) is 5.03. The molecule has 0 spiro atoms. The molecule has 9 heteroatoms. The molecule has 0 saturated heterocycles. The van der Waals surface area contributed by atoms with Crippen LogP contribution in [0.5, 0.6) is 0 Å². The van der Waals surface area contributed by atoms with Crippen molar-refractivity contribution in [3.05, 3.63) is 70.8 Å². The lowest BCUT2D eigenvalue weighted by Crippen LogP contribution is -2.44. The summed E-state index contributed by atoms with van der Waals surface area (Å²) in [6.45, 7) is 7.52. The number of benzene rings is 2. The summed E-state index contributed by atoms with van der Waals surface area (Å²) >= 11 is 0. The zero-order chi connectivity index (χ0) is 26.7. The van der Waals surface area contributed by atoms with Gasteiger partial charge in [0.2, 0.25) is 11.8 Å². The molecule has 4 N–H and O–H groups in total. The van der Waals surface area contributed by atoms with Crippen LogP contribution in [-0.2, 0) is 43.4 Å². The van der Waals surface area contributed by atoms with E-state index in [1.165, 1.54) is 0 Å². The van der Waals surface area contributed by atoms with Crippen LogP contribution in [0.4, 0.5) is 4.79 Å². The van der Waals surface area contributed by atoms with Crippen LogP contribution in [-0.4, -0.2) is 35.5 Å². The van der Waals surface area contributed by atoms with E-state index in [2.05, 4.69) is 10.6 Å². The maximum absolute atomic E-state index is 12.6. The van der Waals surface area contributed by atoms with Crippen molar-refractivity contribution in [1.29, 1.82) is 0 Å². The summed E-state index contributed by atoms with van der Waals surface area (Å²) in [6, 6.07) is 14.0. The summed E-state index contributed by atoms with van der Waals surface area (Å²) in [5.74, 6) is -1.40. The first kappa shape index (κ1) is 28.4. The van der Waals surface area contributed by atoms with Gasteiger partial charge in [-0.2, -0.15) is 0 Å². The van der Waals surface area contributed by atoms with Gasteiger partial charge in [0, 0.05) is 13.0 Å². The van der Waals surface area contributed by atoms with E-state index in [9.17, 15) is 19.2 Å². The molecule has 194 valence electrons. The van der Waals surface area contributed by atoms with E-state index in [1.807, 2.05) is 31.2 Å². The van der Waals surface area contributed by atoms with E-state index < -0.39 is 29.6 Å². The Morgan fingerprint density at radius 2 is 1.50 bits per heavy atom. The molecule has 36 heavy (non-hydrogen) atoms. The van der Waals surface area contributed by atoms with Crippen LogP contribution in [0.25, 0.3) is 0 Å². The molecular formula is C27H35N3O6. The topological polar surface area (TPSA) is 137 Å². The molecule has 0 aliphatic heterocycles. The minimum Gasteiger partial charge on any atom is -0.459 e. The molecule has 9 nitrogen and oxygen atoms in total. The van der Waals surface area contributed by atoms with Crippen molar-refractivity contribution in [3.63, 3.8) is 0 Å². The van der Waals surface area contributed by atoms with Crippen LogP contribution in [0, 0.1) is 6.92 Å². The van der Waals surface area contributed by atoms with Gasteiger partial charge in [-0.1, -0.05) is 54.1 Å². The molecule has 0 aliphatic rings. The van der Waals surface area contributed by atoms with Gasteiger partial charge in [0.05, 0.1) is 6.42 Å². The lowest BCUT2D eigenvalue weighted by Gasteiger charge is -2.22. The van der Waals surface area contributed by atoms with E-state index in [4.69, 9.17) is 15.2 Å². The number of carbonyl (C=O) groups is 4. The number of hydrogen-bond acceptors (Lipinski definition) is 6. The highest BCUT2D eigenvalue weighted by molar-refractivity contribution is 5.82. The molecule has 2 aromatic rings. The summed E-state index contributed by atoms with van der Waals surface area (Å²) in [5, 5.41) is 5.33. The zero-order valence-corrected chi connectivity index (χ0v) is 21.3. The van der Waals surface area contributed by atoms with Crippen molar-refractivity contribution < 1.29 is 28.7 Å². The minimum absolute atomic E-state index is 0.00987. The van der Waals surface area contributed by atoms with Crippen molar-refractivity contribution >= 4 is 23.9 Å². The van der Waals surface area contributed by atoms with Gasteiger partial charge in [0.1, 0.15) is 18.2 Å². The first-order valence-electron chi connectivity index (χ1n) is 11.8. The summed E-state index contributed by atoms with van der Waals surface area (Å²) in [4.78, 5) is 48.0. The number of ether oxygens (including phenoxy) is 2. The molecule has 0 aromatic heterocycles. The Hall–Kier alpha value is -3.88. The van der Waals surface area contributed by atoms with E-state index in [0.717, 1.165) is 16.7 Å². The third kappa shape index (κ3) is 11.0. The second-order valence-corrected chi connectivity index (χ2v) is 9.57. The molecule has 0 heterocycles. The van der Waals surface area contributed by atoms with Crippen molar-refractivity contribution in [3.8, 4) is 0 Å². The first-order chi connectivity index (χ1) is 16.9. The number of aryl methyl sites for hydroxylation is 1. The van der Waals surface area contributed by atoms with Crippen molar-refractivity contribution in [2.45, 2.75) is 71.8 Å². The minimum atomic E-state index is -1.08. The van der Waals surface area contributed by atoms with Crippen LogP contribution < -0.4 is 16.4 Å². The van der Waals surface area contributed by atoms with Gasteiger partial charge < -0.3 is 25.8 Å². The molecule has 1 atom stereocenters. The number of nitrogens with two attached hydrogens (primary N) is 1. The third-order valence-corrected chi connectivity index (χ3v) is 5.03. The number of esters is 1. The molecule has 0 radical (unpaired) electrons. The highest BCUT2D eigenvalue weighted by atomic mass is 16.6. The van der Waals surface area contributed by atoms with Crippen LogP contribution in [0.1, 0.15) is 55.9 Å². The number of hydrogen-bond donors (Lipinski definition) is 3. The van der Waals surface area contributed by atoms with Gasteiger partial charge in [-0.25, -0.2) is 9.59 Å². The fraction of sp³-hybridized carbons (Fsp3) is 0.407. The Bertz CT molecular complexity index is 1040.